The minimum absolute atomic E-state index is 0.134. The third-order valence-electron chi connectivity index (χ3n) is 18.9. The molecule has 6 aromatic heterocycles. The van der Waals surface area contributed by atoms with Crippen molar-refractivity contribution in [3.63, 3.8) is 0 Å². The maximum absolute atomic E-state index is 6.58. The number of furan rings is 3. The maximum Gasteiger partial charge on any atom is 0.243 e. The van der Waals surface area contributed by atoms with E-state index in [1.807, 2.05) is 0 Å². The van der Waals surface area contributed by atoms with Gasteiger partial charge in [-0.1, -0.05) is 159 Å². The molecule has 6 heterocycles. The molecular weight excluding hydrogens is 1040 g/mol. The molecule has 0 aliphatic heterocycles. The first-order chi connectivity index (χ1) is 41.7. The Morgan fingerprint density at radius 1 is 0.247 bits per heavy atom. The fourth-order valence-electron chi connectivity index (χ4n) is 15.6. The van der Waals surface area contributed by atoms with Gasteiger partial charge in [0.25, 0.3) is 0 Å². The molecule has 0 aliphatic rings. The second-order valence-corrected chi connectivity index (χ2v) is 23.8. The van der Waals surface area contributed by atoms with Crippen molar-refractivity contribution in [2.45, 2.75) is 41.5 Å². The highest BCUT2D eigenvalue weighted by molar-refractivity contribution is 6.97. The molecule has 0 bridgehead atoms. The monoisotopic (exact) mass is 1090 g/mol. The quantitative estimate of drug-likeness (QED) is 0.156. The van der Waals surface area contributed by atoms with Crippen molar-refractivity contribution >= 4 is 154 Å². The van der Waals surface area contributed by atoms with Crippen molar-refractivity contribution in [3.8, 4) is 17.1 Å². The van der Waals surface area contributed by atoms with Gasteiger partial charge >= 0.3 is 0 Å². The largest absolute Gasteiger partial charge is 0.456 e. The average molecular weight is 1090 g/mol. The predicted molar refractivity (Wildman–Crippen MR) is 357 cm³/mol. The van der Waals surface area contributed by atoms with Crippen LogP contribution in [0.2, 0.25) is 0 Å². The molecule has 0 amide bonds. The Hall–Kier alpha value is -10.5. The van der Waals surface area contributed by atoms with Gasteiger partial charge in [-0.05, 0) is 151 Å². The van der Waals surface area contributed by atoms with Gasteiger partial charge in [0.15, 0.2) is 0 Å². The zero-order valence-corrected chi connectivity index (χ0v) is 47.9. The smallest absolute Gasteiger partial charge is 0.243 e. The van der Waals surface area contributed by atoms with Gasteiger partial charge in [-0.25, -0.2) is 0 Å². The number of hydrogen-bond donors (Lipinski definition) is 0. The van der Waals surface area contributed by atoms with E-state index in [4.69, 9.17) is 13.3 Å². The Labute approximate surface area is 489 Å². The first-order valence-electron chi connectivity index (χ1n) is 29.5. The SMILES string of the molecule is Cc1cc(-n2c3ccccc3c3ccc4oc5ccccc5c4c32)cc(C)c1B(c1c(C)cc(-n2c3ccccc3c3ccc4oc5ccccc5c4c32)cc1C)c1c(C)cc(-n2c3ccccc3c3ccc4oc5ccccc5c4c32)cc1C. The van der Waals surface area contributed by atoms with Gasteiger partial charge in [0.1, 0.15) is 33.5 Å². The van der Waals surface area contributed by atoms with Crippen molar-refractivity contribution in [3.05, 3.63) is 252 Å². The first-order valence-corrected chi connectivity index (χ1v) is 29.5. The number of aryl methyl sites for hydroxylation is 6. The Morgan fingerprint density at radius 2 is 0.494 bits per heavy atom. The topological polar surface area (TPSA) is 54.2 Å². The Bertz CT molecular complexity index is 5300. The molecule has 0 N–H and O–H groups in total. The first kappa shape index (κ1) is 48.1. The summed E-state index contributed by atoms with van der Waals surface area (Å²) in [5.41, 5.74) is 27.0. The van der Waals surface area contributed by atoms with E-state index < -0.39 is 0 Å². The summed E-state index contributed by atoms with van der Waals surface area (Å²) in [7, 11) is 0. The van der Waals surface area contributed by atoms with Crippen molar-refractivity contribution in [2.24, 2.45) is 0 Å². The summed E-state index contributed by atoms with van der Waals surface area (Å²) in [6, 6.07) is 79.7. The van der Waals surface area contributed by atoms with Crippen LogP contribution in [-0.4, -0.2) is 20.4 Å². The molecule has 12 aromatic carbocycles. The summed E-state index contributed by atoms with van der Waals surface area (Å²) in [4.78, 5) is 0. The standard InChI is InChI=1S/C78H54BN3O3/c1-43-37-49(80-61-25-13-7-19-52(61)55-31-34-67-70(76(55)80)58-22-10-16-28-64(58)83-67)38-44(2)73(43)79(74-45(3)39-50(40-46(74)4)81-62-26-14-8-20-53(62)56-32-35-68-71(77(56)81)59-23-11-17-29-65(59)84-68)75-47(5)41-51(42-48(75)6)82-63-27-15-9-21-54(63)57-33-36-69-72(78(57)82)60-24-12-18-30-66(60)85-69/h7-42H,1-6H3. The van der Waals surface area contributed by atoms with Gasteiger partial charge in [0.05, 0.1) is 49.3 Å². The van der Waals surface area contributed by atoms with Crippen LogP contribution in [0.3, 0.4) is 0 Å². The third kappa shape index (κ3) is 6.61. The Morgan fingerprint density at radius 3 is 0.776 bits per heavy atom. The van der Waals surface area contributed by atoms with E-state index in [1.165, 1.54) is 98.6 Å². The molecule has 85 heavy (non-hydrogen) atoms. The number of benzene rings is 12. The number of aromatic nitrogens is 3. The van der Waals surface area contributed by atoms with Crippen LogP contribution in [0.15, 0.2) is 232 Å². The molecule has 18 rings (SSSR count). The van der Waals surface area contributed by atoms with Crippen LogP contribution >= 0.6 is 0 Å². The minimum Gasteiger partial charge on any atom is -0.456 e. The molecule has 0 unspecified atom stereocenters. The van der Waals surface area contributed by atoms with E-state index in [0.29, 0.717) is 0 Å². The molecular formula is C78H54BN3O3. The lowest BCUT2D eigenvalue weighted by atomic mass is 9.33. The highest BCUT2D eigenvalue weighted by Gasteiger charge is 2.33. The molecule has 402 valence electrons. The van der Waals surface area contributed by atoms with Gasteiger partial charge in [-0.15, -0.1) is 0 Å². The average Bonchev–Trinajstić information content (AvgIpc) is 2.77. The molecule has 0 aliphatic carbocycles. The van der Waals surface area contributed by atoms with Gasteiger partial charge in [0, 0.05) is 65.5 Å². The highest BCUT2D eigenvalue weighted by atomic mass is 16.3. The highest BCUT2D eigenvalue weighted by Crippen LogP contribution is 2.45. The minimum atomic E-state index is -0.134. The lowest BCUT2D eigenvalue weighted by Crippen LogP contribution is -2.57. The predicted octanol–water partition coefficient (Wildman–Crippen LogP) is 19.0. The molecule has 0 saturated heterocycles. The number of hydrogen-bond acceptors (Lipinski definition) is 3. The van der Waals surface area contributed by atoms with Crippen LogP contribution < -0.4 is 16.4 Å². The van der Waals surface area contributed by atoms with E-state index >= 15 is 0 Å². The fraction of sp³-hybridized carbons (Fsp3) is 0.0769. The summed E-state index contributed by atoms with van der Waals surface area (Å²) < 4.78 is 27.2. The van der Waals surface area contributed by atoms with Crippen LogP contribution in [0.25, 0.3) is 148 Å². The molecule has 0 spiro atoms. The van der Waals surface area contributed by atoms with E-state index in [2.05, 4.69) is 274 Å². The van der Waals surface area contributed by atoms with Crippen LogP contribution in [0.5, 0.6) is 0 Å². The Balaban J connectivity index is 0.893. The molecule has 6 nitrogen and oxygen atoms in total. The summed E-state index contributed by atoms with van der Waals surface area (Å²) >= 11 is 0. The fourth-order valence-corrected chi connectivity index (χ4v) is 15.6. The van der Waals surface area contributed by atoms with E-state index in [9.17, 15) is 0 Å². The molecule has 0 atom stereocenters. The Kier molecular flexibility index (Phi) is 9.91. The summed E-state index contributed by atoms with van der Waals surface area (Å²) in [6.45, 7) is 13.9. The van der Waals surface area contributed by atoms with Gasteiger partial charge < -0.3 is 27.0 Å². The number of rotatable bonds is 6. The second kappa shape index (κ2) is 17.5. The number of fused-ring (bicyclic) bond motifs is 21. The molecule has 0 saturated carbocycles. The molecule has 18 aromatic rings. The van der Waals surface area contributed by atoms with Crippen molar-refractivity contribution < 1.29 is 13.3 Å². The summed E-state index contributed by atoms with van der Waals surface area (Å²) in [6.07, 6.45) is 0. The second-order valence-electron chi connectivity index (χ2n) is 23.8. The van der Waals surface area contributed by atoms with Crippen LogP contribution in [-0.2, 0) is 0 Å². The van der Waals surface area contributed by atoms with E-state index in [-0.39, 0.29) is 6.71 Å². The number of nitrogens with zero attached hydrogens (tertiary/aromatic N) is 3. The maximum atomic E-state index is 6.58. The van der Waals surface area contributed by atoms with Crippen molar-refractivity contribution in [1.82, 2.24) is 13.7 Å². The lowest BCUT2D eigenvalue weighted by Gasteiger charge is -2.28. The van der Waals surface area contributed by atoms with Crippen LogP contribution in [0.4, 0.5) is 0 Å². The van der Waals surface area contributed by atoms with Crippen molar-refractivity contribution in [1.29, 1.82) is 0 Å². The van der Waals surface area contributed by atoms with Crippen LogP contribution in [0.1, 0.15) is 33.4 Å². The normalized spacial score (nSPS) is 12.4. The molecule has 7 heteroatoms. The molecule has 0 fully saturated rings. The van der Waals surface area contributed by atoms with Crippen LogP contribution in [0, 0.1) is 41.5 Å². The summed E-state index contributed by atoms with van der Waals surface area (Å²) in [5.74, 6) is 0. The van der Waals surface area contributed by atoms with Gasteiger partial charge in [-0.2, -0.15) is 0 Å². The zero-order chi connectivity index (χ0) is 56.7. The third-order valence-corrected chi connectivity index (χ3v) is 18.9. The molecule has 0 radical (unpaired) electrons. The van der Waals surface area contributed by atoms with Gasteiger partial charge in [0.2, 0.25) is 6.71 Å². The zero-order valence-electron chi connectivity index (χ0n) is 47.9. The van der Waals surface area contributed by atoms with E-state index in [0.717, 1.165) is 99.4 Å². The van der Waals surface area contributed by atoms with E-state index in [1.54, 1.807) is 0 Å². The lowest BCUT2D eigenvalue weighted by molar-refractivity contribution is 0.669. The van der Waals surface area contributed by atoms with Crippen molar-refractivity contribution in [2.75, 3.05) is 0 Å². The van der Waals surface area contributed by atoms with Gasteiger partial charge in [-0.3, -0.25) is 0 Å². The summed E-state index contributed by atoms with van der Waals surface area (Å²) in [5, 5.41) is 14.0. The number of para-hydroxylation sites is 6.